The van der Waals surface area contributed by atoms with Gasteiger partial charge in [0.1, 0.15) is 0 Å². The van der Waals surface area contributed by atoms with Crippen LogP contribution in [-0.2, 0) is 0 Å². The van der Waals surface area contributed by atoms with Crippen molar-refractivity contribution in [2.75, 3.05) is 5.73 Å². The fraction of sp³-hybridized carbons (Fsp3) is 0.125. The Morgan fingerprint density at radius 3 is 2.91 bits per heavy atom. The van der Waals surface area contributed by atoms with Gasteiger partial charge in [0.05, 0.1) is 17.4 Å². The number of hydrogen-bond donors (Lipinski definition) is 2. The molecule has 3 nitrogen and oxygen atoms in total. The fourth-order valence-electron chi connectivity index (χ4n) is 0.820. The number of nitrogens with zero attached hydrogens (tertiary/aromatic N) is 1. The second-order valence-corrected chi connectivity index (χ2v) is 2.24. The van der Waals surface area contributed by atoms with Gasteiger partial charge in [-0.3, -0.25) is 4.98 Å². The molecule has 0 bridgehead atoms. The van der Waals surface area contributed by atoms with Crippen LogP contribution in [0.1, 0.15) is 11.7 Å². The average Bonchev–Trinajstić information content (AvgIpc) is 2.04. The lowest BCUT2D eigenvalue weighted by Crippen LogP contribution is -2.11. The molecule has 11 heavy (non-hydrogen) atoms. The smallest absolute Gasteiger partial charge is 0.0838 e. The summed E-state index contributed by atoms with van der Waals surface area (Å²) in [6, 6.07) is 3.27. The summed E-state index contributed by atoms with van der Waals surface area (Å²) in [6.07, 6.45) is 3.27. The maximum absolute atomic E-state index is 5.63. The Labute approximate surface area is 65.7 Å². The van der Waals surface area contributed by atoms with Crippen LogP contribution in [0.15, 0.2) is 31.0 Å². The maximum Gasteiger partial charge on any atom is 0.0838 e. The molecule has 0 fully saturated rings. The molecule has 0 unspecified atom stereocenters. The molecule has 1 rings (SSSR count). The van der Waals surface area contributed by atoms with Crippen LogP contribution in [0.3, 0.4) is 0 Å². The molecule has 1 aromatic heterocycles. The SMILES string of the molecule is C=C[C@@H](N)c1ncccc1N. The zero-order valence-corrected chi connectivity index (χ0v) is 6.20. The first-order chi connectivity index (χ1) is 5.25. The minimum Gasteiger partial charge on any atom is -0.397 e. The van der Waals surface area contributed by atoms with Crippen LogP contribution in [0.2, 0.25) is 0 Å². The molecule has 0 saturated carbocycles. The predicted molar refractivity (Wildman–Crippen MR) is 45.8 cm³/mol. The summed E-state index contributed by atoms with van der Waals surface area (Å²) in [5.41, 5.74) is 12.5. The van der Waals surface area contributed by atoms with E-state index in [1.54, 1.807) is 24.4 Å². The molecule has 0 aromatic carbocycles. The topological polar surface area (TPSA) is 64.9 Å². The highest BCUT2D eigenvalue weighted by molar-refractivity contribution is 5.44. The van der Waals surface area contributed by atoms with E-state index in [9.17, 15) is 0 Å². The van der Waals surface area contributed by atoms with Crippen LogP contribution in [0, 0.1) is 0 Å². The normalized spacial score (nSPS) is 12.5. The highest BCUT2D eigenvalue weighted by Gasteiger charge is 2.04. The van der Waals surface area contributed by atoms with Crippen molar-refractivity contribution >= 4 is 5.69 Å². The number of hydrogen-bond acceptors (Lipinski definition) is 3. The standard InChI is InChI=1S/C8H11N3/c1-2-6(9)8-7(10)4-3-5-11-8/h2-6H,1,9-10H2/t6-/m1/s1. The zero-order chi connectivity index (χ0) is 8.27. The molecule has 1 atom stereocenters. The van der Waals surface area contributed by atoms with Gasteiger partial charge in [-0.05, 0) is 12.1 Å². The van der Waals surface area contributed by atoms with Gasteiger partial charge < -0.3 is 11.5 Å². The van der Waals surface area contributed by atoms with Crippen molar-refractivity contribution in [1.29, 1.82) is 0 Å². The summed E-state index contributed by atoms with van der Waals surface area (Å²) in [6.45, 7) is 3.56. The van der Waals surface area contributed by atoms with Gasteiger partial charge in [-0.1, -0.05) is 6.08 Å². The Morgan fingerprint density at radius 2 is 2.36 bits per heavy atom. The van der Waals surface area contributed by atoms with Crippen molar-refractivity contribution in [1.82, 2.24) is 4.98 Å². The van der Waals surface area contributed by atoms with E-state index in [-0.39, 0.29) is 6.04 Å². The van der Waals surface area contributed by atoms with E-state index < -0.39 is 0 Å². The average molecular weight is 149 g/mol. The molecule has 0 aliphatic rings. The third kappa shape index (κ3) is 1.56. The van der Waals surface area contributed by atoms with Crippen LogP contribution in [0.25, 0.3) is 0 Å². The van der Waals surface area contributed by atoms with Gasteiger partial charge in [-0.25, -0.2) is 0 Å². The summed E-state index contributed by atoms with van der Waals surface area (Å²) in [5.74, 6) is 0. The van der Waals surface area contributed by atoms with Gasteiger partial charge in [0, 0.05) is 6.20 Å². The third-order valence-corrected chi connectivity index (χ3v) is 1.44. The molecule has 1 heterocycles. The molecule has 0 amide bonds. The van der Waals surface area contributed by atoms with Crippen molar-refractivity contribution in [3.05, 3.63) is 36.7 Å². The molecular formula is C8H11N3. The van der Waals surface area contributed by atoms with Crippen molar-refractivity contribution in [2.45, 2.75) is 6.04 Å². The van der Waals surface area contributed by atoms with Crippen LogP contribution in [0.4, 0.5) is 5.69 Å². The first-order valence-corrected chi connectivity index (χ1v) is 3.34. The van der Waals surface area contributed by atoms with Gasteiger partial charge in [0.2, 0.25) is 0 Å². The van der Waals surface area contributed by atoms with Gasteiger partial charge in [0.25, 0.3) is 0 Å². The van der Waals surface area contributed by atoms with E-state index >= 15 is 0 Å². The van der Waals surface area contributed by atoms with Crippen molar-refractivity contribution in [3.8, 4) is 0 Å². The summed E-state index contributed by atoms with van der Waals surface area (Å²) in [5, 5.41) is 0. The van der Waals surface area contributed by atoms with E-state index in [1.807, 2.05) is 0 Å². The van der Waals surface area contributed by atoms with Crippen LogP contribution >= 0.6 is 0 Å². The Balaban J connectivity index is 3.02. The molecule has 0 radical (unpaired) electrons. The molecule has 58 valence electrons. The number of anilines is 1. The van der Waals surface area contributed by atoms with Crippen LogP contribution < -0.4 is 11.5 Å². The molecule has 0 aliphatic carbocycles. The molecule has 1 aromatic rings. The first-order valence-electron chi connectivity index (χ1n) is 3.34. The molecular weight excluding hydrogens is 138 g/mol. The molecule has 4 N–H and O–H groups in total. The van der Waals surface area contributed by atoms with Crippen molar-refractivity contribution in [3.63, 3.8) is 0 Å². The summed E-state index contributed by atoms with van der Waals surface area (Å²) >= 11 is 0. The third-order valence-electron chi connectivity index (χ3n) is 1.44. The Morgan fingerprint density at radius 1 is 1.64 bits per heavy atom. The van der Waals surface area contributed by atoms with E-state index in [1.165, 1.54) is 0 Å². The summed E-state index contributed by atoms with van der Waals surface area (Å²) < 4.78 is 0. The highest BCUT2D eigenvalue weighted by Crippen LogP contribution is 2.14. The second kappa shape index (κ2) is 3.16. The van der Waals surface area contributed by atoms with Gasteiger partial charge in [0.15, 0.2) is 0 Å². The minimum absolute atomic E-state index is 0.267. The highest BCUT2D eigenvalue weighted by atomic mass is 14.8. The summed E-state index contributed by atoms with van der Waals surface area (Å²) in [7, 11) is 0. The monoisotopic (exact) mass is 149 g/mol. The van der Waals surface area contributed by atoms with Gasteiger partial charge >= 0.3 is 0 Å². The number of rotatable bonds is 2. The molecule has 0 saturated heterocycles. The predicted octanol–water partition coefficient (Wildman–Crippen LogP) is 0.850. The fourth-order valence-corrected chi connectivity index (χ4v) is 0.820. The van der Waals surface area contributed by atoms with Crippen molar-refractivity contribution in [2.24, 2.45) is 5.73 Å². The Kier molecular flexibility index (Phi) is 2.23. The minimum atomic E-state index is -0.267. The van der Waals surface area contributed by atoms with Gasteiger partial charge in [-0.15, -0.1) is 6.58 Å². The number of nitrogens with two attached hydrogens (primary N) is 2. The number of aromatic nitrogens is 1. The van der Waals surface area contributed by atoms with E-state index in [4.69, 9.17) is 11.5 Å². The lowest BCUT2D eigenvalue weighted by atomic mass is 10.2. The quantitative estimate of drug-likeness (QED) is 0.612. The van der Waals surface area contributed by atoms with Gasteiger partial charge in [-0.2, -0.15) is 0 Å². The second-order valence-electron chi connectivity index (χ2n) is 2.24. The number of nitrogen functional groups attached to an aromatic ring is 1. The lowest BCUT2D eigenvalue weighted by molar-refractivity contribution is 0.868. The zero-order valence-electron chi connectivity index (χ0n) is 6.20. The Hall–Kier alpha value is -1.35. The lowest BCUT2D eigenvalue weighted by Gasteiger charge is -2.06. The van der Waals surface area contributed by atoms with E-state index in [0.717, 1.165) is 0 Å². The Bertz CT molecular complexity index is 257. The van der Waals surface area contributed by atoms with Crippen LogP contribution in [-0.4, -0.2) is 4.98 Å². The molecule has 0 spiro atoms. The van der Waals surface area contributed by atoms with E-state index in [2.05, 4.69) is 11.6 Å². The largest absolute Gasteiger partial charge is 0.397 e. The number of pyridine rings is 1. The van der Waals surface area contributed by atoms with E-state index in [0.29, 0.717) is 11.4 Å². The molecule has 3 heteroatoms. The van der Waals surface area contributed by atoms with Crippen LogP contribution in [0.5, 0.6) is 0 Å². The first kappa shape index (κ1) is 7.75. The summed E-state index contributed by atoms with van der Waals surface area (Å²) in [4.78, 5) is 4.03. The van der Waals surface area contributed by atoms with Crippen molar-refractivity contribution < 1.29 is 0 Å². The molecule has 0 aliphatic heterocycles. The maximum atomic E-state index is 5.63.